The Morgan fingerprint density at radius 2 is 2.04 bits per heavy atom. The van der Waals surface area contributed by atoms with Crippen LogP contribution in [0.1, 0.15) is 16.7 Å². The van der Waals surface area contributed by atoms with E-state index < -0.39 is 0 Å². The molecule has 3 aromatic rings. The number of hydrogen-bond donors (Lipinski definition) is 2. The summed E-state index contributed by atoms with van der Waals surface area (Å²) in [5.74, 6) is 1.14. The third kappa shape index (κ3) is 4.45. The van der Waals surface area contributed by atoms with E-state index in [4.69, 9.17) is 4.74 Å². The van der Waals surface area contributed by atoms with E-state index in [1.165, 1.54) is 23.1 Å². The number of rotatable bonds is 7. The number of anilines is 1. The van der Waals surface area contributed by atoms with Gasteiger partial charge in [0.15, 0.2) is 11.0 Å². The molecule has 0 aliphatic heterocycles. The molecule has 0 unspecified atom stereocenters. The van der Waals surface area contributed by atoms with Crippen LogP contribution in [0.2, 0.25) is 0 Å². The fraction of sp³-hybridized carbons (Fsp3) is 0.263. The lowest BCUT2D eigenvalue weighted by atomic mass is 10.2. The number of thioether (sulfide) groups is 1. The Morgan fingerprint density at radius 3 is 2.67 bits per heavy atom. The largest absolute Gasteiger partial charge is 0.497 e. The van der Waals surface area contributed by atoms with Gasteiger partial charge in [-0.05, 0) is 37.1 Å². The fourth-order valence-corrected chi connectivity index (χ4v) is 4.21. The maximum Gasteiger partial charge on any atom is 0.236 e. The second-order valence-electron chi connectivity index (χ2n) is 5.99. The summed E-state index contributed by atoms with van der Waals surface area (Å²) < 4.78 is 7.03. The van der Waals surface area contributed by atoms with Gasteiger partial charge in [0.2, 0.25) is 5.91 Å². The highest BCUT2D eigenvalue weighted by Gasteiger charge is 2.19. The maximum atomic E-state index is 12.2. The normalized spacial score (nSPS) is 10.8. The van der Waals surface area contributed by atoms with E-state index >= 15 is 0 Å². The molecule has 0 atom stereocenters. The van der Waals surface area contributed by atoms with Gasteiger partial charge in [0.05, 0.1) is 24.4 Å². The molecule has 3 rings (SSSR count). The summed E-state index contributed by atoms with van der Waals surface area (Å²) >= 11 is 2.79. The number of ether oxygens (including phenoxy) is 1. The Bertz CT molecular complexity index is 919. The molecule has 0 saturated heterocycles. The smallest absolute Gasteiger partial charge is 0.236 e. The van der Waals surface area contributed by atoms with Gasteiger partial charge in [0, 0.05) is 17.1 Å². The average molecular weight is 404 g/mol. The zero-order valence-corrected chi connectivity index (χ0v) is 17.0. The number of carbonyl (C=O) groups is 1. The lowest BCUT2D eigenvalue weighted by molar-refractivity contribution is -0.113. The van der Waals surface area contributed by atoms with E-state index in [0.29, 0.717) is 11.7 Å². The van der Waals surface area contributed by atoms with Crippen molar-refractivity contribution in [3.05, 3.63) is 52.5 Å². The number of aromatic nitrogens is 2. The Balaban J connectivity index is 1.75. The molecule has 0 spiro atoms. The molecule has 2 aromatic heterocycles. The molecule has 1 amide bonds. The molecular weight excluding hydrogens is 382 g/mol. The predicted molar refractivity (Wildman–Crippen MR) is 109 cm³/mol. The van der Waals surface area contributed by atoms with Crippen LogP contribution in [0.15, 0.2) is 40.9 Å². The van der Waals surface area contributed by atoms with Crippen LogP contribution in [-0.2, 0) is 11.3 Å². The van der Waals surface area contributed by atoms with Crippen LogP contribution in [0.3, 0.4) is 0 Å². The summed E-state index contributed by atoms with van der Waals surface area (Å²) in [4.78, 5) is 16.2. The molecule has 27 heavy (non-hydrogen) atoms. The Hall–Kier alpha value is -2.45. The molecule has 2 heterocycles. The first-order valence-electron chi connectivity index (χ1n) is 8.33. The second-order valence-corrected chi connectivity index (χ2v) is 7.85. The van der Waals surface area contributed by atoms with Crippen molar-refractivity contribution in [1.29, 1.82) is 0 Å². The van der Waals surface area contributed by atoms with Crippen LogP contribution in [0.25, 0.3) is 0 Å². The van der Waals surface area contributed by atoms with Crippen molar-refractivity contribution in [3.8, 4) is 11.6 Å². The summed E-state index contributed by atoms with van der Waals surface area (Å²) in [6, 6.07) is 7.72. The highest BCUT2D eigenvalue weighted by atomic mass is 32.2. The molecule has 0 fully saturated rings. The van der Waals surface area contributed by atoms with Gasteiger partial charge in [-0.15, -0.1) is 11.3 Å². The van der Waals surface area contributed by atoms with Crippen molar-refractivity contribution in [2.24, 2.45) is 0 Å². The van der Waals surface area contributed by atoms with Crippen molar-refractivity contribution < 1.29 is 14.6 Å². The molecule has 0 aliphatic rings. The number of aromatic hydroxyl groups is 1. The van der Waals surface area contributed by atoms with E-state index in [1.807, 2.05) is 48.1 Å². The van der Waals surface area contributed by atoms with Crippen molar-refractivity contribution in [2.45, 2.75) is 25.4 Å². The number of carbonyl (C=O) groups excluding carboxylic acids is 1. The summed E-state index contributed by atoms with van der Waals surface area (Å²) in [5, 5.41) is 16.6. The standard InChI is InChI=1S/C19H21N3O3S2/c1-12-13(2)18(27-11-16(23)21-19-20-8-9-26-19)22(17(12)24)10-14-4-6-15(25-3)7-5-14/h4-9,24H,10-11H2,1-3H3,(H,20,21,23). The molecule has 1 aromatic carbocycles. The first-order chi connectivity index (χ1) is 13.0. The van der Waals surface area contributed by atoms with Gasteiger partial charge in [0.25, 0.3) is 0 Å². The van der Waals surface area contributed by atoms with Crippen LogP contribution < -0.4 is 10.1 Å². The third-order valence-electron chi connectivity index (χ3n) is 4.24. The topological polar surface area (TPSA) is 76.4 Å². The van der Waals surface area contributed by atoms with Crippen LogP contribution in [0, 0.1) is 13.8 Å². The highest BCUT2D eigenvalue weighted by Crippen LogP contribution is 2.35. The number of methoxy groups -OCH3 is 1. The molecular formula is C19H21N3O3S2. The van der Waals surface area contributed by atoms with Crippen molar-refractivity contribution in [3.63, 3.8) is 0 Å². The van der Waals surface area contributed by atoms with Gasteiger partial charge in [-0.3, -0.25) is 4.79 Å². The molecule has 0 bridgehead atoms. The fourth-order valence-electron chi connectivity index (χ4n) is 2.65. The first kappa shape index (κ1) is 19.3. The van der Waals surface area contributed by atoms with Crippen LogP contribution >= 0.6 is 23.1 Å². The van der Waals surface area contributed by atoms with E-state index in [2.05, 4.69) is 10.3 Å². The summed E-state index contributed by atoms with van der Waals surface area (Å²) in [7, 11) is 1.63. The molecule has 0 aliphatic carbocycles. The minimum Gasteiger partial charge on any atom is -0.497 e. The van der Waals surface area contributed by atoms with Gasteiger partial charge in [-0.1, -0.05) is 23.9 Å². The number of benzene rings is 1. The quantitative estimate of drug-likeness (QED) is 0.582. The third-order valence-corrected chi connectivity index (χ3v) is 6.13. The zero-order chi connectivity index (χ0) is 19.4. The number of hydrogen-bond acceptors (Lipinski definition) is 6. The van der Waals surface area contributed by atoms with Crippen molar-refractivity contribution >= 4 is 34.1 Å². The van der Waals surface area contributed by atoms with Crippen LogP contribution in [0.4, 0.5) is 5.13 Å². The monoisotopic (exact) mass is 403 g/mol. The van der Waals surface area contributed by atoms with E-state index in [9.17, 15) is 9.90 Å². The molecule has 0 radical (unpaired) electrons. The summed E-state index contributed by atoms with van der Waals surface area (Å²) in [6.07, 6.45) is 1.65. The summed E-state index contributed by atoms with van der Waals surface area (Å²) in [5.41, 5.74) is 2.84. The second kappa shape index (κ2) is 8.49. The van der Waals surface area contributed by atoms with Crippen LogP contribution in [-0.4, -0.2) is 33.4 Å². The average Bonchev–Trinajstić information content (AvgIpc) is 3.25. The number of amides is 1. The maximum absolute atomic E-state index is 12.2. The van der Waals surface area contributed by atoms with E-state index in [0.717, 1.165) is 27.5 Å². The number of nitrogens with one attached hydrogen (secondary N) is 1. The molecule has 8 heteroatoms. The zero-order valence-electron chi connectivity index (χ0n) is 15.4. The van der Waals surface area contributed by atoms with Crippen molar-refractivity contribution in [1.82, 2.24) is 9.55 Å². The number of nitrogens with zero attached hydrogens (tertiary/aromatic N) is 2. The molecule has 0 saturated carbocycles. The Labute approximate surface area is 166 Å². The first-order valence-corrected chi connectivity index (χ1v) is 10.2. The lowest BCUT2D eigenvalue weighted by Gasteiger charge is -2.11. The Morgan fingerprint density at radius 1 is 1.30 bits per heavy atom. The molecule has 6 nitrogen and oxygen atoms in total. The van der Waals surface area contributed by atoms with E-state index in [1.54, 1.807) is 13.3 Å². The minimum atomic E-state index is -0.122. The van der Waals surface area contributed by atoms with Gasteiger partial charge >= 0.3 is 0 Å². The van der Waals surface area contributed by atoms with Gasteiger partial charge in [0.1, 0.15) is 5.75 Å². The summed E-state index contributed by atoms with van der Waals surface area (Å²) in [6.45, 7) is 4.36. The van der Waals surface area contributed by atoms with Gasteiger partial charge in [-0.2, -0.15) is 0 Å². The van der Waals surface area contributed by atoms with Gasteiger partial charge in [-0.25, -0.2) is 4.98 Å². The predicted octanol–water partition coefficient (Wildman–Crippen LogP) is 4.05. The Kier molecular flexibility index (Phi) is 6.08. The minimum absolute atomic E-state index is 0.122. The van der Waals surface area contributed by atoms with Crippen molar-refractivity contribution in [2.75, 3.05) is 18.2 Å². The van der Waals surface area contributed by atoms with Gasteiger partial charge < -0.3 is 19.7 Å². The molecule has 142 valence electrons. The van der Waals surface area contributed by atoms with E-state index in [-0.39, 0.29) is 17.5 Å². The van der Waals surface area contributed by atoms with Crippen LogP contribution in [0.5, 0.6) is 11.6 Å². The SMILES string of the molecule is COc1ccc(Cn2c(O)c(C)c(C)c2SCC(=O)Nc2nccs2)cc1. The lowest BCUT2D eigenvalue weighted by Crippen LogP contribution is -2.14. The molecule has 2 N–H and O–H groups in total. The highest BCUT2D eigenvalue weighted by molar-refractivity contribution is 8.00. The number of thiazole rings is 1.